The molecule has 2 fully saturated rings. The van der Waals surface area contributed by atoms with E-state index in [1.807, 2.05) is 12.1 Å². The average Bonchev–Trinajstić information content (AvgIpc) is 3.57. The van der Waals surface area contributed by atoms with Crippen LogP contribution >= 0.6 is 0 Å². The maximum atomic E-state index is 13.7. The van der Waals surface area contributed by atoms with Crippen molar-refractivity contribution in [1.82, 2.24) is 19.7 Å². The summed E-state index contributed by atoms with van der Waals surface area (Å²) in [5, 5.41) is 18.3. The van der Waals surface area contributed by atoms with Crippen molar-refractivity contribution in [2.45, 2.75) is 50.5 Å². The van der Waals surface area contributed by atoms with E-state index in [-0.39, 0.29) is 5.92 Å². The van der Waals surface area contributed by atoms with Gasteiger partial charge in [0, 0.05) is 24.4 Å². The molecule has 1 aliphatic carbocycles. The second kappa shape index (κ2) is 10.3. The fraction of sp³-hybridized carbons (Fsp3) is 0.375. The van der Waals surface area contributed by atoms with Crippen molar-refractivity contribution in [2.75, 3.05) is 42.4 Å². The van der Waals surface area contributed by atoms with Gasteiger partial charge in [-0.25, -0.2) is 24.5 Å². The van der Waals surface area contributed by atoms with E-state index in [2.05, 4.69) is 25.3 Å². The molecule has 3 aliphatic rings. The van der Waals surface area contributed by atoms with Crippen LogP contribution in [0.4, 0.5) is 32.7 Å². The smallest absolute Gasteiger partial charge is 0.435 e. The Morgan fingerprint density at radius 1 is 1.04 bits per heavy atom. The second-order valence-corrected chi connectivity index (χ2v) is 12.6. The molecule has 1 saturated carbocycles. The summed E-state index contributed by atoms with van der Waals surface area (Å²) < 4.78 is 18.0. The van der Waals surface area contributed by atoms with Crippen LogP contribution in [0.5, 0.6) is 11.5 Å². The Balaban J connectivity index is 1.31. The van der Waals surface area contributed by atoms with Crippen molar-refractivity contribution >= 4 is 52.1 Å². The SMILES string of the molecule is COc1ccc2c(c1)[C@]1(C[C@H]1c1ccc3c(Nc4ncnc(N5CCC5)c4OC)nn(C(=O)OC(C)(C)C)c3c1)C(=O)N2C(=O)O. The van der Waals surface area contributed by atoms with E-state index < -0.39 is 29.1 Å². The number of imide groups is 1. The van der Waals surface area contributed by atoms with E-state index >= 15 is 0 Å². The number of hydrogen-bond donors (Lipinski definition) is 2. The average molecular weight is 628 g/mol. The normalized spacial score (nSPS) is 20.0. The Labute approximate surface area is 263 Å². The lowest BCUT2D eigenvalue weighted by atomic mass is 9.91. The number of aromatic nitrogens is 4. The molecule has 46 heavy (non-hydrogen) atoms. The Kier molecular flexibility index (Phi) is 6.58. The lowest BCUT2D eigenvalue weighted by Gasteiger charge is -2.33. The zero-order valence-corrected chi connectivity index (χ0v) is 26.0. The largest absolute Gasteiger partial charge is 0.497 e. The number of nitrogens with one attached hydrogen (secondary N) is 1. The molecule has 7 rings (SSSR count). The molecule has 0 unspecified atom stereocenters. The third-order valence-electron chi connectivity index (χ3n) is 8.72. The van der Waals surface area contributed by atoms with Crippen molar-refractivity contribution in [3.63, 3.8) is 0 Å². The molecule has 2 aliphatic heterocycles. The molecular formula is C32H33N7O7. The summed E-state index contributed by atoms with van der Waals surface area (Å²) in [5.74, 6) is 1.51. The third kappa shape index (κ3) is 4.46. The maximum Gasteiger partial charge on any atom is 0.435 e. The van der Waals surface area contributed by atoms with Crippen LogP contribution in [0.3, 0.4) is 0 Å². The summed E-state index contributed by atoms with van der Waals surface area (Å²) in [6.45, 7) is 7.02. The van der Waals surface area contributed by atoms with Gasteiger partial charge in [-0.15, -0.1) is 5.10 Å². The van der Waals surface area contributed by atoms with E-state index in [9.17, 15) is 19.5 Å². The molecule has 14 nitrogen and oxygen atoms in total. The van der Waals surface area contributed by atoms with Crippen LogP contribution in [0.1, 0.15) is 50.7 Å². The van der Waals surface area contributed by atoms with Crippen molar-refractivity contribution in [1.29, 1.82) is 0 Å². The summed E-state index contributed by atoms with van der Waals surface area (Å²) in [5.41, 5.74) is 0.249. The van der Waals surface area contributed by atoms with Gasteiger partial charge in [-0.05, 0) is 75.1 Å². The van der Waals surface area contributed by atoms with Gasteiger partial charge in [0.25, 0.3) is 0 Å². The van der Waals surface area contributed by atoms with Crippen LogP contribution < -0.4 is 24.6 Å². The van der Waals surface area contributed by atoms with Gasteiger partial charge in [-0.3, -0.25) is 4.79 Å². The number of methoxy groups -OCH3 is 2. The fourth-order valence-electron chi connectivity index (χ4n) is 6.40. The minimum absolute atomic E-state index is 0.323. The van der Waals surface area contributed by atoms with Crippen LogP contribution in [-0.2, 0) is 14.9 Å². The minimum Gasteiger partial charge on any atom is -0.497 e. The van der Waals surface area contributed by atoms with Crippen LogP contribution in [-0.4, -0.2) is 75.9 Å². The topological polar surface area (TPSA) is 161 Å². The molecule has 2 aromatic heterocycles. The van der Waals surface area contributed by atoms with Crippen LogP contribution in [0.15, 0.2) is 42.7 Å². The first kappa shape index (κ1) is 29.3. The standard InChI is InChI=1S/C32H33N7O7/c1-31(2,3)46-30(43)39-23-13-17(21-15-32(21)20-14-18(44-4)8-10-22(20)38(28(32)40)29(41)42)7-9-19(23)25(36-39)35-26-24(45-5)27(34-16-33-26)37-11-6-12-37/h7-10,13-14,16,21H,6,11-12,15H2,1-5H3,(H,41,42)(H,33,34,35,36)/t21-,32-/m0/s1. The summed E-state index contributed by atoms with van der Waals surface area (Å²) >= 11 is 0. The number of benzene rings is 2. The molecule has 1 spiro atoms. The van der Waals surface area contributed by atoms with E-state index in [4.69, 9.17) is 14.2 Å². The third-order valence-corrected chi connectivity index (χ3v) is 8.72. The highest BCUT2D eigenvalue weighted by Crippen LogP contribution is 2.67. The Morgan fingerprint density at radius 3 is 2.48 bits per heavy atom. The minimum atomic E-state index is -1.34. The molecule has 14 heteroatoms. The molecule has 0 bridgehead atoms. The van der Waals surface area contributed by atoms with E-state index in [0.717, 1.165) is 30.0 Å². The molecule has 2 atom stereocenters. The number of anilines is 4. The highest BCUT2D eigenvalue weighted by atomic mass is 16.6. The fourth-order valence-corrected chi connectivity index (χ4v) is 6.40. The quantitative estimate of drug-likeness (QED) is 0.294. The molecule has 238 valence electrons. The molecule has 4 heterocycles. The number of hydrogen-bond acceptors (Lipinski definition) is 11. The van der Waals surface area contributed by atoms with Gasteiger partial charge in [0.15, 0.2) is 17.5 Å². The van der Waals surface area contributed by atoms with E-state index in [1.165, 1.54) is 18.1 Å². The van der Waals surface area contributed by atoms with Gasteiger partial charge in [0.05, 0.1) is 30.8 Å². The number of rotatable bonds is 6. The van der Waals surface area contributed by atoms with E-state index in [0.29, 0.717) is 57.5 Å². The van der Waals surface area contributed by atoms with Crippen LogP contribution in [0.2, 0.25) is 0 Å². The Bertz CT molecular complexity index is 1930. The van der Waals surface area contributed by atoms with Crippen molar-refractivity contribution in [3.8, 4) is 11.5 Å². The number of carboxylic acid groups (broad SMARTS) is 1. The predicted octanol–water partition coefficient (Wildman–Crippen LogP) is 5.03. The molecule has 2 aromatic carbocycles. The highest BCUT2D eigenvalue weighted by molar-refractivity contribution is 6.22. The lowest BCUT2D eigenvalue weighted by Crippen LogP contribution is -2.38. The monoisotopic (exact) mass is 627 g/mol. The predicted molar refractivity (Wildman–Crippen MR) is 168 cm³/mol. The first-order valence-corrected chi connectivity index (χ1v) is 14.9. The molecule has 0 radical (unpaired) electrons. The number of ether oxygens (including phenoxy) is 3. The van der Waals surface area contributed by atoms with Crippen molar-refractivity contribution in [3.05, 3.63) is 53.9 Å². The number of nitrogens with zero attached hydrogens (tertiary/aromatic N) is 6. The number of carbonyl (C=O) groups is 3. The molecule has 2 amide bonds. The maximum absolute atomic E-state index is 13.7. The number of fused-ring (bicyclic) bond motifs is 3. The molecule has 2 N–H and O–H groups in total. The molecule has 1 saturated heterocycles. The Hall–Kier alpha value is -5.40. The van der Waals surface area contributed by atoms with Gasteiger partial charge in [0.2, 0.25) is 11.7 Å². The first-order valence-electron chi connectivity index (χ1n) is 14.9. The summed E-state index contributed by atoms with van der Waals surface area (Å²) in [7, 11) is 3.07. The summed E-state index contributed by atoms with van der Waals surface area (Å²) in [4.78, 5) is 51.0. The molecule has 4 aromatic rings. The van der Waals surface area contributed by atoms with Crippen LogP contribution in [0.25, 0.3) is 10.9 Å². The summed E-state index contributed by atoms with van der Waals surface area (Å²) in [6.07, 6.45) is 0.871. The van der Waals surface area contributed by atoms with Crippen molar-refractivity contribution < 1.29 is 33.7 Å². The second-order valence-electron chi connectivity index (χ2n) is 12.6. The van der Waals surface area contributed by atoms with E-state index in [1.54, 1.807) is 52.1 Å². The summed E-state index contributed by atoms with van der Waals surface area (Å²) in [6, 6.07) is 10.4. The van der Waals surface area contributed by atoms with Gasteiger partial charge < -0.3 is 29.5 Å². The molecular weight excluding hydrogens is 594 g/mol. The lowest BCUT2D eigenvalue weighted by molar-refractivity contribution is -0.119. The first-order chi connectivity index (χ1) is 22.0. The van der Waals surface area contributed by atoms with Gasteiger partial charge in [-0.1, -0.05) is 6.07 Å². The Morgan fingerprint density at radius 2 is 1.83 bits per heavy atom. The van der Waals surface area contributed by atoms with Crippen molar-refractivity contribution in [2.24, 2.45) is 0 Å². The number of amides is 2. The van der Waals surface area contributed by atoms with Gasteiger partial charge >= 0.3 is 12.2 Å². The van der Waals surface area contributed by atoms with Gasteiger partial charge in [-0.2, -0.15) is 4.68 Å². The van der Waals surface area contributed by atoms with Gasteiger partial charge in [0.1, 0.15) is 17.7 Å². The highest BCUT2D eigenvalue weighted by Gasteiger charge is 2.68. The number of carbonyl (C=O) groups excluding carboxylic acids is 2. The zero-order valence-electron chi connectivity index (χ0n) is 26.0. The zero-order chi connectivity index (χ0) is 32.5. The van der Waals surface area contributed by atoms with Crippen LogP contribution in [0, 0.1) is 0 Å².